The van der Waals surface area contributed by atoms with Gasteiger partial charge in [-0.15, -0.1) is 0 Å². The largest absolute Gasteiger partial charge is 0.539 e. The number of benzene rings is 2. The maximum atomic E-state index is 12.6. The molecular weight excluding hydrogens is 322 g/mol. The summed E-state index contributed by atoms with van der Waals surface area (Å²) in [6, 6.07) is 15.9. The van der Waals surface area contributed by atoms with Gasteiger partial charge in [-0.05, 0) is 28.9 Å². The first-order valence-corrected chi connectivity index (χ1v) is 7.63. The number of methoxy groups -OCH3 is 1. The minimum Gasteiger partial charge on any atom is -0.539 e. The number of ether oxygens (including phenoxy) is 1. The second kappa shape index (κ2) is 7.04. The molecule has 0 N–H and O–H groups in total. The quantitative estimate of drug-likeness (QED) is 0.655. The Morgan fingerprint density at radius 1 is 1.20 bits per heavy atom. The van der Waals surface area contributed by atoms with Crippen molar-refractivity contribution in [3.8, 4) is 17.4 Å². The number of nitrogens with zero attached hydrogens (tertiary/aromatic N) is 3. The molecule has 3 rings (SSSR count). The zero-order chi connectivity index (χ0) is 17.8. The summed E-state index contributed by atoms with van der Waals surface area (Å²) in [5.41, 5.74) is 1.46. The minimum atomic E-state index is -0.571. The van der Waals surface area contributed by atoms with Crippen molar-refractivity contribution in [1.29, 1.82) is 0 Å². The summed E-state index contributed by atoms with van der Waals surface area (Å²) < 4.78 is 11.3. The van der Waals surface area contributed by atoms with E-state index in [2.05, 4.69) is 5.27 Å². The highest BCUT2D eigenvalue weighted by molar-refractivity contribution is 5.94. The summed E-state index contributed by atoms with van der Waals surface area (Å²) in [6.07, 6.45) is 0. The van der Waals surface area contributed by atoms with Crippen molar-refractivity contribution >= 4 is 5.91 Å². The zero-order valence-electron chi connectivity index (χ0n) is 13.9. The van der Waals surface area contributed by atoms with Gasteiger partial charge in [0.05, 0.1) is 12.4 Å². The van der Waals surface area contributed by atoms with E-state index in [1.807, 2.05) is 18.2 Å². The molecule has 0 atom stereocenters. The molecule has 0 spiro atoms. The van der Waals surface area contributed by atoms with Gasteiger partial charge in [-0.1, -0.05) is 18.2 Å². The van der Waals surface area contributed by atoms with E-state index in [1.165, 1.54) is 9.58 Å². The highest BCUT2D eigenvalue weighted by Gasteiger charge is 2.24. The van der Waals surface area contributed by atoms with Crippen LogP contribution in [0.1, 0.15) is 16.1 Å². The van der Waals surface area contributed by atoms with Gasteiger partial charge in [0.2, 0.25) is 5.69 Å². The maximum absolute atomic E-state index is 12.6. The Labute approximate surface area is 144 Å². The predicted octanol–water partition coefficient (Wildman–Crippen LogP) is 1.31. The van der Waals surface area contributed by atoms with E-state index >= 15 is 0 Å². The van der Waals surface area contributed by atoms with Crippen molar-refractivity contribution in [3.63, 3.8) is 0 Å². The lowest BCUT2D eigenvalue weighted by molar-refractivity contribution is -0.678. The molecule has 0 aliphatic heterocycles. The Balaban J connectivity index is 1.82. The van der Waals surface area contributed by atoms with Crippen LogP contribution >= 0.6 is 0 Å². The van der Waals surface area contributed by atoms with Gasteiger partial charge < -0.3 is 19.3 Å². The highest BCUT2D eigenvalue weighted by Crippen LogP contribution is 2.16. The van der Waals surface area contributed by atoms with Crippen molar-refractivity contribution in [3.05, 3.63) is 65.9 Å². The molecule has 0 saturated carbocycles. The third-order valence-corrected chi connectivity index (χ3v) is 3.77. The number of rotatable bonds is 5. The second-order valence-electron chi connectivity index (χ2n) is 5.44. The molecular formula is C18H17N3O4. The molecule has 1 amide bonds. The molecule has 128 valence electrons. The summed E-state index contributed by atoms with van der Waals surface area (Å²) in [5, 5.41) is 15.8. The van der Waals surface area contributed by atoms with Crippen LogP contribution in [0.3, 0.4) is 0 Å². The van der Waals surface area contributed by atoms with Crippen molar-refractivity contribution in [1.82, 2.24) is 10.2 Å². The summed E-state index contributed by atoms with van der Waals surface area (Å²) in [6.45, 7) is 0.0715. The second-order valence-corrected chi connectivity index (χ2v) is 5.44. The van der Waals surface area contributed by atoms with Crippen LogP contribution in [-0.4, -0.2) is 30.2 Å². The number of hydrogen-bond donors (Lipinski definition) is 0. The molecule has 25 heavy (non-hydrogen) atoms. The molecule has 0 saturated heterocycles. The van der Waals surface area contributed by atoms with E-state index in [4.69, 9.17) is 9.26 Å². The molecule has 7 heteroatoms. The summed E-state index contributed by atoms with van der Waals surface area (Å²) in [7, 11) is 3.18. The van der Waals surface area contributed by atoms with Gasteiger partial charge >= 0.3 is 0 Å². The average Bonchev–Trinajstić information content (AvgIpc) is 3.02. The molecule has 1 aromatic heterocycles. The lowest BCUT2D eigenvalue weighted by atomic mass is 10.2. The fourth-order valence-electron chi connectivity index (χ4n) is 2.42. The van der Waals surface area contributed by atoms with Gasteiger partial charge in [0, 0.05) is 24.7 Å². The van der Waals surface area contributed by atoms with Gasteiger partial charge in [-0.25, -0.2) is 0 Å². The zero-order valence-corrected chi connectivity index (χ0v) is 13.9. The monoisotopic (exact) mass is 339 g/mol. The Kier molecular flexibility index (Phi) is 4.65. The highest BCUT2D eigenvalue weighted by atomic mass is 16.6. The van der Waals surface area contributed by atoms with Gasteiger partial charge in [0.25, 0.3) is 11.6 Å². The molecule has 0 aliphatic carbocycles. The fraction of sp³-hybridized carbons (Fsp3) is 0.167. The van der Waals surface area contributed by atoms with Crippen LogP contribution in [0.25, 0.3) is 5.69 Å². The van der Waals surface area contributed by atoms with Crippen molar-refractivity contribution in [2.24, 2.45) is 0 Å². The third kappa shape index (κ3) is 3.45. The standard InChI is InChI=1S/C18H17N3O4/c1-20(17(22)13-8-10-15(24-2)11-9-13)12-16-18(23)25-19-21(16)14-6-4-3-5-7-14/h3-11H,12H2,1-2H3. The first-order chi connectivity index (χ1) is 12.1. The lowest BCUT2D eigenvalue weighted by Gasteiger charge is -2.15. The first-order valence-electron chi connectivity index (χ1n) is 7.63. The number of aromatic nitrogens is 2. The fourth-order valence-corrected chi connectivity index (χ4v) is 2.42. The van der Waals surface area contributed by atoms with E-state index in [1.54, 1.807) is 50.6 Å². The minimum absolute atomic E-state index is 0.0715. The number of carbonyl (C=O) groups is 1. The van der Waals surface area contributed by atoms with Gasteiger partial charge in [-0.2, -0.15) is 0 Å². The Bertz CT molecular complexity index is 860. The van der Waals surface area contributed by atoms with E-state index < -0.39 is 5.95 Å². The predicted molar refractivity (Wildman–Crippen MR) is 86.3 cm³/mol. The molecule has 0 bridgehead atoms. The smallest absolute Gasteiger partial charge is 0.259 e. The van der Waals surface area contributed by atoms with Crippen LogP contribution in [0.15, 0.2) is 59.1 Å². The first kappa shape index (κ1) is 16.5. The molecule has 2 aromatic carbocycles. The van der Waals surface area contributed by atoms with E-state index in [0.29, 0.717) is 17.0 Å². The number of para-hydroxylation sites is 1. The molecule has 3 aromatic rings. The summed E-state index contributed by atoms with van der Waals surface area (Å²) in [4.78, 5) is 14.0. The Morgan fingerprint density at radius 3 is 2.52 bits per heavy atom. The Morgan fingerprint density at radius 2 is 1.88 bits per heavy atom. The van der Waals surface area contributed by atoms with Gasteiger partial charge in [0.1, 0.15) is 12.3 Å². The molecule has 0 unspecified atom stereocenters. The summed E-state index contributed by atoms with van der Waals surface area (Å²) >= 11 is 0. The van der Waals surface area contributed by atoms with E-state index in [0.717, 1.165) is 0 Å². The van der Waals surface area contributed by atoms with Crippen molar-refractivity contribution in [2.45, 2.75) is 6.54 Å². The summed E-state index contributed by atoms with van der Waals surface area (Å²) in [5.74, 6) is -0.122. The van der Waals surface area contributed by atoms with Gasteiger partial charge in [-0.3, -0.25) is 4.79 Å². The van der Waals surface area contributed by atoms with Crippen molar-refractivity contribution < 1.29 is 23.8 Å². The van der Waals surface area contributed by atoms with E-state index in [-0.39, 0.29) is 18.1 Å². The van der Waals surface area contributed by atoms with Crippen LogP contribution in [0.5, 0.6) is 11.7 Å². The third-order valence-electron chi connectivity index (χ3n) is 3.77. The molecule has 0 aliphatic rings. The molecule has 1 heterocycles. The van der Waals surface area contributed by atoms with Crippen LogP contribution in [0, 0.1) is 0 Å². The Hall–Kier alpha value is -3.35. The number of carbonyl (C=O) groups excluding carboxylic acids is 1. The number of amides is 1. The lowest BCUT2D eigenvalue weighted by Crippen LogP contribution is -2.40. The normalized spacial score (nSPS) is 10.5. The van der Waals surface area contributed by atoms with Gasteiger partial charge in [0.15, 0.2) is 5.95 Å². The molecule has 0 radical (unpaired) electrons. The topological polar surface area (TPSA) is 82.5 Å². The average molecular weight is 339 g/mol. The maximum Gasteiger partial charge on any atom is 0.259 e. The van der Waals surface area contributed by atoms with Crippen molar-refractivity contribution in [2.75, 3.05) is 14.2 Å². The van der Waals surface area contributed by atoms with Crippen LogP contribution in [0.4, 0.5) is 0 Å². The number of hydrogen-bond acceptors (Lipinski definition) is 5. The molecule has 7 nitrogen and oxygen atoms in total. The van der Waals surface area contributed by atoms with E-state index in [9.17, 15) is 9.90 Å². The van der Waals surface area contributed by atoms with Crippen LogP contribution in [0.2, 0.25) is 0 Å². The van der Waals surface area contributed by atoms with Crippen LogP contribution in [-0.2, 0) is 6.54 Å². The molecule has 0 fully saturated rings. The van der Waals surface area contributed by atoms with Crippen LogP contribution < -0.4 is 14.5 Å². The SMILES string of the molecule is COc1ccc(C(=O)N(C)Cc2c([O-])on[n+]2-c2ccccc2)cc1.